The number of hydrogen-bond donors (Lipinski definition) is 1. The molecule has 1 saturated heterocycles. The predicted molar refractivity (Wildman–Crippen MR) is 72.7 cm³/mol. The lowest BCUT2D eigenvalue weighted by Crippen LogP contribution is -2.47. The topological polar surface area (TPSA) is 56.7 Å². The maximum Gasteiger partial charge on any atom is 0.337 e. The van der Waals surface area contributed by atoms with Gasteiger partial charge in [-0.15, -0.1) is 0 Å². The van der Waals surface area contributed by atoms with Crippen LogP contribution in [0.2, 0.25) is 0 Å². The zero-order valence-electron chi connectivity index (χ0n) is 11.2. The van der Waals surface area contributed by atoms with Crippen molar-refractivity contribution in [2.45, 2.75) is 25.8 Å². The van der Waals surface area contributed by atoms with Crippen LogP contribution >= 0.6 is 0 Å². The summed E-state index contributed by atoms with van der Waals surface area (Å²) in [6.07, 6.45) is 4.16. The van der Waals surface area contributed by atoms with Crippen molar-refractivity contribution in [2.75, 3.05) is 31.1 Å². The number of pyridine rings is 1. The van der Waals surface area contributed by atoms with Crippen LogP contribution in [0, 0.1) is 6.92 Å². The molecule has 1 aromatic rings. The minimum absolute atomic E-state index is 0.262. The van der Waals surface area contributed by atoms with Gasteiger partial charge in [-0.2, -0.15) is 0 Å². The van der Waals surface area contributed by atoms with Gasteiger partial charge in [-0.1, -0.05) is 0 Å². The molecule has 1 N–H and O–H groups in total. The Morgan fingerprint density at radius 1 is 1.32 bits per heavy atom. The van der Waals surface area contributed by atoms with Crippen molar-refractivity contribution < 1.29 is 9.90 Å². The monoisotopic (exact) mass is 261 g/mol. The van der Waals surface area contributed by atoms with Crippen LogP contribution in [0.3, 0.4) is 0 Å². The van der Waals surface area contributed by atoms with E-state index in [1.54, 1.807) is 6.07 Å². The number of piperazine rings is 1. The highest BCUT2D eigenvalue weighted by atomic mass is 16.4. The number of carboxylic acids is 1. The highest BCUT2D eigenvalue weighted by molar-refractivity contribution is 5.87. The molecule has 1 aliphatic carbocycles. The van der Waals surface area contributed by atoms with Gasteiger partial charge in [0.15, 0.2) is 0 Å². The largest absolute Gasteiger partial charge is 0.478 e. The molecule has 0 bridgehead atoms. The minimum Gasteiger partial charge on any atom is -0.478 e. The van der Waals surface area contributed by atoms with Gasteiger partial charge < -0.3 is 10.0 Å². The molecule has 0 amide bonds. The molecule has 0 unspecified atom stereocenters. The highest BCUT2D eigenvalue weighted by Gasteiger charge is 2.31. The molecule has 2 heterocycles. The lowest BCUT2D eigenvalue weighted by atomic mass is 10.2. The predicted octanol–water partition coefficient (Wildman–Crippen LogP) is 1.37. The molecule has 5 heteroatoms. The van der Waals surface area contributed by atoms with Crippen LogP contribution in [-0.2, 0) is 0 Å². The third-order valence-electron chi connectivity index (χ3n) is 3.97. The first-order valence-corrected chi connectivity index (χ1v) is 6.84. The fraction of sp³-hybridized carbons (Fsp3) is 0.571. The number of carboxylic acid groups (broad SMARTS) is 1. The number of rotatable bonds is 3. The number of aromatic carboxylic acids is 1. The highest BCUT2D eigenvalue weighted by Crippen LogP contribution is 2.28. The van der Waals surface area contributed by atoms with Crippen molar-refractivity contribution in [2.24, 2.45) is 0 Å². The number of hydrogen-bond acceptors (Lipinski definition) is 4. The molecule has 3 rings (SSSR count). The van der Waals surface area contributed by atoms with Crippen LogP contribution < -0.4 is 4.90 Å². The Bertz CT molecular complexity index is 491. The van der Waals surface area contributed by atoms with Crippen LogP contribution in [0.25, 0.3) is 0 Å². The number of aryl methyl sites for hydroxylation is 1. The van der Waals surface area contributed by atoms with E-state index in [4.69, 9.17) is 5.11 Å². The molecule has 102 valence electrons. The summed E-state index contributed by atoms with van der Waals surface area (Å²) in [6, 6.07) is 2.53. The Hall–Kier alpha value is -1.62. The van der Waals surface area contributed by atoms with Crippen molar-refractivity contribution >= 4 is 11.8 Å². The Morgan fingerprint density at radius 2 is 2.00 bits per heavy atom. The zero-order chi connectivity index (χ0) is 13.4. The molecule has 0 radical (unpaired) electrons. The first-order valence-electron chi connectivity index (χ1n) is 6.84. The number of nitrogens with zero attached hydrogens (tertiary/aromatic N) is 3. The SMILES string of the molecule is Cc1cc(C(=O)O)cnc1N1CCN(C2CC2)CC1. The standard InChI is InChI=1S/C14H19N3O2/c1-10-8-11(14(18)19)9-15-13(10)17-6-4-16(5-7-17)12-2-3-12/h8-9,12H,2-7H2,1H3,(H,18,19). The summed E-state index contributed by atoms with van der Waals surface area (Å²) in [7, 11) is 0. The first kappa shape index (κ1) is 12.4. The van der Waals surface area contributed by atoms with Crippen LogP contribution in [0.15, 0.2) is 12.3 Å². The van der Waals surface area contributed by atoms with E-state index in [9.17, 15) is 4.79 Å². The average molecular weight is 261 g/mol. The van der Waals surface area contributed by atoms with Gasteiger partial charge in [-0.25, -0.2) is 9.78 Å². The minimum atomic E-state index is -0.916. The van der Waals surface area contributed by atoms with Crippen molar-refractivity contribution in [3.05, 3.63) is 23.4 Å². The van der Waals surface area contributed by atoms with Crippen LogP contribution in [-0.4, -0.2) is 53.2 Å². The molecule has 1 aromatic heterocycles. The van der Waals surface area contributed by atoms with Gasteiger partial charge in [-0.3, -0.25) is 4.90 Å². The second kappa shape index (κ2) is 4.81. The van der Waals surface area contributed by atoms with Crippen molar-refractivity contribution in [1.29, 1.82) is 0 Å². The molecule has 2 fully saturated rings. The van der Waals surface area contributed by atoms with E-state index in [2.05, 4.69) is 14.8 Å². The summed E-state index contributed by atoms with van der Waals surface area (Å²) in [5, 5.41) is 8.95. The second-order valence-electron chi connectivity index (χ2n) is 5.42. The fourth-order valence-electron chi connectivity index (χ4n) is 2.75. The van der Waals surface area contributed by atoms with E-state index in [-0.39, 0.29) is 5.56 Å². The van der Waals surface area contributed by atoms with Gasteiger partial charge in [0.05, 0.1) is 5.56 Å². The molecule has 0 atom stereocenters. The van der Waals surface area contributed by atoms with Gasteiger partial charge in [0.25, 0.3) is 0 Å². The normalized spacial score (nSPS) is 20.6. The average Bonchev–Trinajstić information content (AvgIpc) is 3.23. The summed E-state index contributed by atoms with van der Waals surface area (Å²) >= 11 is 0. The van der Waals surface area contributed by atoms with Gasteiger partial charge in [0.2, 0.25) is 0 Å². The Balaban J connectivity index is 1.70. The molecule has 2 aliphatic rings. The van der Waals surface area contributed by atoms with Gasteiger partial charge >= 0.3 is 5.97 Å². The quantitative estimate of drug-likeness (QED) is 0.890. The number of aromatic nitrogens is 1. The van der Waals surface area contributed by atoms with Gasteiger partial charge in [0.1, 0.15) is 5.82 Å². The zero-order valence-corrected chi connectivity index (χ0v) is 11.2. The first-order chi connectivity index (χ1) is 9.15. The Morgan fingerprint density at radius 3 is 2.53 bits per heavy atom. The Labute approximate surface area is 112 Å². The maximum absolute atomic E-state index is 10.9. The molecule has 0 spiro atoms. The summed E-state index contributed by atoms with van der Waals surface area (Å²) < 4.78 is 0. The van der Waals surface area contributed by atoms with Crippen LogP contribution in [0.4, 0.5) is 5.82 Å². The van der Waals surface area contributed by atoms with E-state index >= 15 is 0 Å². The number of carbonyl (C=O) groups is 1. The van der Waals surface area contributed by atoms with Crippen molar-refractivity contribution in [3.8, 4) is 0 Å². The van der Waals surface area contributed by atoms with Gasteiger partial charge in [-0.05, 0) is 31.4 Å². The molecular weight excluding hydrogens is 242 g/mol. The molecule has 1 saturated carbocycles. The molecule has 1 aliphatic heterocycles. The summed E-state index contributed by atoms with van der Waals surface area (Å²) in [5.74, 6) is 0.0150. The summed E-state index contributed by atoms with van der Waals surface area (Å²) in [4.78, 5) is 20.1. The third-order valence-corrected chi connectivity index (χ3v) is 3.97. The van der Waals surface area contributed by atoms with E-state index in [1.807, 2.05) is 6.92 Å². The van der Waals surface area contributed by atoms with E-state index < -0.39 is 5.97 Å². The molecule has 5 nitrogen and oxygen atoms in total. The lowest BCUT2D eigenvalue weighted by molar-refractivity contribution is 0.0696. The fourth-order valence-corrected chi connectivity index (χ4v) is 2.75. The summed E-state index contributed by atoms with van der Waals surface area (Å²) in [6.45, 7) is 6.08. The van der Waals surface area contributed by atoms with Crippen molar-refractivity contribution in [3.63, 3.8) is 0 Å². The van der Waals surface area contributed by atoms with E-state index in [0.29, 0.717) is 0 Å². The second-order valence-corrected chi connectivity index (χ2v) is 5.42. The Kier molecular flexibility index (Phi) is 3.14. The molecule has 0 aromatic carbocycles. The van der Waals surface area contributed by atoms with Crippen LogP contribution in [0.1, 0.15) is 28.8 Å². The van der Waals surface area contributed by atoms with Crippen molar-refractivity contribution in [1.82, 2.24) is 9.88 Å². The third kappa shape index (κ3) is 2.56. The van der Waals surface area contributed by atoms with E-state index in [0.717, 1.165) is 43.6 Å². The van der Waals surface area contributed by atoms with Crippen LogP contribution in [0.5, 0.6) is 0 Å². The van der Waals surface area contributed by atoms with Gasteiger partial charge in [0, 0.05) is 38.4 Å². The molecule has 19 heavy (non-hydrogen) atoms. The number of anilines is 1. The smallest absolute Gasteiger partial charge is 0.337 e. The van der Waals surface area contributed by atoms with E-state index in [1.165, 1.54) is 19.0 Å². The summed E-state index contributed by atoms with van der Waals surface area (Å²) in [5.41, 5.74) is 1.21. The maximum atomic E-state index is 10.9. The lowest BCUT2D eigenvalue weighted by Gasteiger charge is -2.36. The molecular formula is C14H19N3O2.